The highest BCUT2D eigenvalue weighted by Gasteiger charge is 2.32. The van der Waals surface area contributed by atoms with E-state index in [4.69, 9.17) is 4.74 Å². The molecule has 0 aromatic heterocycles. The summed E-state index contributed by atoms with van der Waals surface area (Å²) in [6.45, 7) is 3.81. The fourth-order valence-corrected chi connectivity index (χ4v) is 3.06. The zero-order chi connectivity index (χ0) is 16.2. The summed E-state index contributed by atoms with van der Waals surface area (Å²) >= 11 is 0. The molecule has 0 N–H and O–H groups in total. The second-order valence-electron chi connectivity index (χ2n) is 6.00. The van der Waals surface area contributed by atoms with Crippen molar-refractivity contribution < 1.29 is 9.53 Å². The SMILES string of the molecule is C=C1C[C@@H](OC(=O)C2=CC=C(c3ccccc3)CC2)C[C@H]1N=O. The van der Waals surface area contributed by atoms with Crippen molar-refractivity contribution in [3.8, 4) is 0 Å². The van der Waals surface area contributed by atoms with E-state index in [0.717, 1.165) is 12.0 Å². The molecule has 0 radical (unpaired) electrons. The third-order valence-electron chi connectivity index (χ3n) is 4.40. The van der Waals surface area contributed by atoms with E-state index in [1.165, 1.54) is 11.1 Å². The van der Waals surface area contributed by atoms with Gasteiger partial charge in [-0.15, -0.1) is 0 Å². The predicted molar refractivity (Wildman–Crippen MR) is 89.6 cm³/mol. The lowest BCUT2D eigenvalue weighted by Crippen LogP contribution is -2.18. The Balaban J connectivity index is 1.63. The minimum absolute atomic E-state index is 0.280. The molecule has 1 aromatic carbocycles. The molecule has 1 fully saturated rings. The van der Waals surface area contributed by atoms with E-state index in [9.17, 15) is 9.70 Å². The van der Waals surface area contributed by atoms with Crippen LogP contribution in [0.15, 0.2) is 65.4 Å². The maximum absolute atomic E-state index is 12.2. The van der Waals surface area contributed by atoms with E-state index in [0.29, 0.717) is 24.8 Å². The molecule has 118 valence electrons. The lowest BCUT2D eigenvalue weighted by molar-refractivity contribution is -0.144. The predicted octanol–water partition coefficient (Wildman–Crippen LogP) is 4.19. The van der Waals surface area contributed by atoms with Gasteiger partial charge in [0.1, 0.15) is 12.1 Å². The topological polar surface area (TPSA) is 55.7 Å². The van der Waals surface area contributed by atoms with Gasteiger partial charge in [-0.05, 0) is 29.6 Å². The quantitative estimate of drug-likeness (QED) is 0.476. The van der Waals surface area contributed by atoms with Gasteiger partial charge in [-0.3, -0.25) is 0 Å². The Kier molecular flexibility index (Phi) is 4.51. The molecule has 0 spiro atoms. The molecule has 1 saturated carbocycles. The summed E-state index contributed by atoms with van der Waals surface area (Å²) in [5.74, 6) is -0.294. The van der Waals surface area contributed by atoms with Gasteiger partial charge in [0.15, 0.2) is 0 Å². The van der Waals surface area contributed by atoms with Crippen LogP contribution in [-0.4, -0.2) is 18.1 Å². The minimum Gasteiger partial charge on any atom is -0.459 e. The highest BCUT2D eigenvalue weighted by atomic mass is 16.5. The Hall–Kier alpha value is -2.49. The molecule has 23 heavy (non-hydrogen) atoms. The fraction of sp³-hybridized carbons (Fsp3) is 0.316. The first kappa shape index (κ1) is 15.4. The van der Waals surface area contributed by atoms with Gasteiger partial charge in [0.05, 0.1) is 0 Å². The molecular weight excluding hydrogens is 290 g/mol. The summed E-state index contributed by atoms with van der Waals surface area (Å²) in [4.78, 5) is 22.9. The highest BCUT2D eigenvalue weighted by molar-refractivity contribution is 5.90. The number of carbonyl (C=O) groups is 1. The molecule has 0 heterocycles. The molecule has 0 aliphatic heterocycles. The molecule has 0 amide bonds. The first-order chi connectivity index (χ1) is 11.2. The number of esters is 1. The molecule has 0 unspecified atom stereocenters. The van der Waals surface area contributed by atoms with Crippen molar-refractivity contribution in [2.45, 2.75) is 37.8 Å². The number of nitroso groups, excluding NO2 is 1. The summed E-state index contributed by atoms with van der Waals surface area (Å²) in [5.41, 5.74) is 3.84. The van der Waals surface area contributed by atoms with E-state index >= 15 is 0 Å². The monoisotopic (exact) mass is 309 g/mol. The van der Waals surface area contributed by atoms with Crippen LogP contribution in [-0.2, 0) is 9.53 Å². The second kappa shape index (κ2) is 6.73. The van der Waals surface area contributed by atoms with Crippen LogP contribution in [0.1, 0.15) is 31.2 Å². The number of rotatable bonds is 4. The van der Waals surface area contributed by atoms with Crippen LogP contribution >= 0.6 is 0 Å². The van der Waals surface area contributed by atoms with Crippen LogP contribution < -0.4 is 0 Å². The van der Waals surface area contributed by atoms with Crippen molar-refractivity contribution >= 4 is 11.5 Å². The zero-order valence-electron chi connectivity index (χ0n) is 12.9. The maximum atomic E-state index is 12.2. The molecule has 4 nitrogen and oxygen atoms in total. The average Bonchev–Trinajstić information content (AvgIpc) is 2.95. The first-order valence-corrected chi connectivity index (χ1v) is 7.83. The van der Waals surface area contributed by atoms with Crippen molar-refractivity contribution in [1.82, 2.24) is 0 Å². The molecule has 1 aromatic rings. The summed E-state index contributed by atoms with van der Waals surface area (Å²) in [6.07, 6.45) is 6.01. The molecule has 0 saturated heterocycles. The lowest BCUT2D eigenvalue weighted by Gasteiger charge is -2.16. The van der Waals surface area contributed by atoms with Crippen molar-refractivity contribution in [1.29, 1.82) is 0 Å². The van der Waals surface area contributed by atoms with E-state index in [2.05, 4.69) is 23.9 Å². The molecule has 0 bridgehead atoms. The summed E-state index contributed by atoms with van der Waals surface area (Å²) < 4.78 is 5.50. The number of allylic oxidation sites excluding steroid dienone is 3. The van der Waals surface area contributed by atoms with Crippen LogP contribution in [0.5, 0.6) is 0 Å². The molecule has 2 aliphatic carbocycles. The van der Waals surface area contributed by atoms with Crippen molar-refractivity contribution in [2.24, 2.45) is 5.18 Å². The van der Waals surface area contributed by atoms with Crippen LogP contribution in [0.3, 0.4) is 0 Å². The third-order valence-corrected chi connectivity index (χ3v) is 4.40. The van der Waals surface area contributed by atoms with Crippen LogP contribution in [0.2, 0.25) is 0 Å². The normalized spacial score (nSPS) is 23.9. The third kappa shape index (κ3) is 3.47. The van der Waals surface area contributed by atoms with Crippen LogP contribution in [0, 0.1) is 4.91 Å². The Bertz CT molecular complexity index is 688. The molecule has 2 aliphatic rings. The number of nitrogens with zero attached hydrogens (tertiary/aromatic N) is 1. The number of benzene rings is 1. The molecule has 4 heteroatoms. The van der Waals surface area contributed by atoms with Crippen molar-refractivity contribution in [2.75, 3.05) is 0 Å². The lowest BCUT2D eigenvalue weighted by atomic mass is 9.93. The summed E-state index contributed by atoms with van der Waals surface area (Å²) in [6, 6.07) is 9.72. The van der Waals surface area contributed by atoms with E-state index in [1.54, 1.807) is 0 Å². The number of hydrogen-bond donors (Lipinski definition) is 0. The second-order valence-corrected chi connectivity index (χ2v) is 6.00. The first-order valence-electron chi connectivity index (χ1n) is 7.83. The number of ether oxygens (including phenoxy) is 1. The summed E-state index contributed by atoms with van der Waals surface area (Å²) in [7, 11) is 0. The van der Waals surface area contributed by atoms with Crippen molar-refractivity contribution in [3.63, 3.8) is 0 Å². The average molecular weight is 309 g/mol. The van der Waals surface area contributed by atoms with E-state index in [1.807, 2.05) is 30.4 Å². The Labute approximate surface area is 135 Å². The van der Waals surface area contributed by atoms with Crippen LogP contribution in [0.25, 0.3) is 5.57 Å². The number of carbonyl (C=O) groups excluding carboxylic acids is 1. The van der Waals surface area contributed by atoms with Gasteiger partial charge in [-0.2, -0.15) is 4.91 Å². The number of hydrogen-bond acceptors (Lipinski definition) is 4. The highest BCUT2D eigenvalue weighted by Crippen LogP contribution is 2.31. The smallest absolute Gasteiger partial charge is 0.334 e. The fourth-order valence-electron chi connectivity index (χ4n) is 3.06. The Morgan fingerprint density at radius 3 is 2.57 bits per heavy atom. The van der Waals surface area contributed by atoms with Crippen LogP contribution in [0.4, 0.5) is 0 Å². The van der Waals surface area contributed by atoms with E-state index in [-0.39, 0.29) is 12.1 Å². The Morgan fingerprint density at radius 1 is 1.17 bits per heavy atom. The summed E-state index contributed by atoms with van der Waals surface area (Å²) in [5, 5.41) is 3.02. The van der Waals surface area contributed by atoms with Gasteiger partial charge in [-0.25, -0.2) is 4.79 Å². The standard InChI is InChI=1S/C19H19NO3/c1-13-11-17(12-18(13)20-22)23-19(21)16-9-7-15(8-10-16)14-5-3-2-4-6-14/h2-7,9,17-18H,1,8,10-12H2/t17-,18-/m1/s1. The largest absolute Gasteiger partial charge is 0.459 e. The van der Waals surface area contributed by atoms with Gasteiger partial charge >= 0.3 is 5.97 Å². The molecular formula is C19H19NO3. The minimum atomic E-state index is -0.419. The van der Waals surface area contributed by atoms with Gasteiger partial charge in [0, 0.05) is 18.4 Å². The van der Waals surface area contributed by atoms with Gasteiger partial charge in [-0.1, -0.05) is 54.2 Å². The zero-order valence-corrected chi connectivity index (χ0v) is 12.9. The van der Waals surface area contributed by atoms with Gasteiger partial charge in [0.25, 0.3) is 0 Å². The van der Waals surface area contributed by atoms with Gasteiger partial charge in [0.2, 0.25) is 0 Å². The van der Waals surface area contributed by atoms with Crippen molar-refractivity contribution in [3.05, 3.63) is 70.7 Å². The van der Waals surface area contributed by atoms with Gasteiger partial charge < -0.3 is 4.74 Å². The molecule has 2 atom stereocenters. The van der Waals surface area contributed by atoms with E-state index < -0.39 is 6.04 Å². The maximum Gasteiger partial charge on any atom is 0.334 e. The Morgan fingerprint density at radius 2 is 1.96 bits per heavy atom. The molecule has 3 rings (SSSR count).